The molecule has 2 aromatic rings. The maximum absolute atomic E-state index is 13.7. The maximum atomic E-state index is 13.7. The van der Waals surface area contributed by atoms with Crippen molar-refractivity contribution in [2.75, 3.05) is 31.1 Å². The van der Waals surface area contributed by atoms with Crippen molar-refractivity contribution < 1.29 is 9.13 Å². The highest BCUT2D eigenvalue weighted by molar-refractivity contribution is 5.69. The van der Waals surface area contributed by atoms with Gasteiger partial charge in [0.15, 0.2) is 0 Å². The molecule has 0 bridgehead atoms. The van der Waals surface area contributed by atoms with E-state index in [1.807, 2.05) is 13.0 Å². The molecule has 1 N–H and O–H groups in total. The summed E-state index contributed by atoms with van der Waals surface area (Å²) in [6, 6.07) is 7.29. The predicted octanol–water partition coefficient (Wildman–Crippen LogP) is 3.53. The number of aryl methyl sites for hydroxylation is 1. The van der Waals surface area contributed by atoms with Gasteiger partial charge in [0.1, 0.15) is 18.2 Å². The Kier molecular flexibility index (Phi) is 4.38. The maximum Gasteiger partial charge on any atom is 0.143 e. The van der Waals surface area contributed by atoms with Crippen LogP contribution in [0.15, 0.2) is 24.3 Å². The normalized spacial score (nSPS) is 16.7. The molecule has 25 heavy (non-hydrogen) atoms. The molecule has 0 amide bonds. The third-order valence-corrected chi connectivity index (χ3v) is 5.46. The largest absolute Gasteiger partial charge is 0.490 e. The molecule has 2 aromatic carbocycles. The number of anilines is 1. The molecule has 0 aromatic heterocycles. The number of benzene rings is 2. The Morgan fingerprint density at radius 2 is 2.00 bits per heavy atom. The van der Waals surface area contributed by atoms with Gasteiger partial charge in [-0.15, -0.1) is 0 Å². The first-order valence-electron chi connectivity index (χ1n) is 9.12. The molecule has 2 aliphatic rings. The number of nitrogens with zero attached hydrogens (tertiary/aromatic N) is 1. The van der Waals surface area contributed by atoms with Crippen LogP contribution < -0.4 is 15.0 Å². The van der Waals surface area contributed by atoms with Gasteiger partial charge < -0.3 is 15.0 Å². The van der Waals surface area contributed by atoms with Crippen molar-refractivity contribution in [2.24, 2.45) is 0 Å². The van der Waals surface area contributed by atoms with Crippen molar-refractivity contribution in [2.45, 2.75) is 33.2 Å². The van der Waals surface area contributed by atoms with Crippen molar-refractivity contribution in [1.82, 2.24) is 5.32 Å². The molecule has 4 heteroatoms. The molecule has 0 spiro atoms. The molecule has 0 fully saturated rings. The molecule has 0 saturated carbocycles. The zero-order valence-corrected chi connectivity index (χ0v) is 15.0. The Balaban J connectivity index is 1.74. The van der Waals surface area contributed by atoms with Crippen LogP contribution in [0, 0.1) is 19.7 Å². The molecule has 2 aliphatic heterocycles. The number of hydrogen-bond donors (Lipinski definition) is 1. The third-order valence-electron chi connectivity index (χ3n) is 5.46. The highest BCUT2D eigenvalue weighted by Crippen LogP contribution is 2.40. The van der Waals surface area contributed by atoms with Gasteiger partial charge in [-0.1, -0.05) is 6.07 Å². The zero-order chi connectivity index (χ0) is 17.4. The smallest absolute Gasteiger partial charge is 0.143 e. The summed E-state index contributed by atoms with van der Waals surface area (Å²) in [5, 5.41) is 3.48. The summed E-state index contributed by atoms with van der Waals surface area (Å²) in [6.45, 7) is 8.54. The van der Waals surface area contributed by atoms with Crippen LogP contribution in [0.5, 0.6) is 5.75 Å². The minimum Gasteiger partial charge on any atom is -0.490 e. The van der Waals surface area contributed by atoms with Crippen LogP contribution in [0.3, 0.4) is 0 Å². The second kappa shape index (κ2) is 6.68. The van der Waals surface area contributed by atoms with Gasteiger partial charge in [0, 0.05) is 6.54 Å². The van der Waals surface area contributed by atoms with E-state index < -0.39 is 0 Å². The number of hydrogen-bond acceptors (Lipinski definition) is 3. The van der Waals surface area contributed by atoms with E-state index in [9.17, 15) is 4.39 Å². The van der Waals surface area contributed by atoms with E-state index in [2.05, 4.69) is 23.2 Å². The third kappa shape index (κ3) is 3.11. The molecule has 0 atom stereocenters. The summed E-state index contributed by atoms with van der Waals surface area (Å²) in [7, 11) is 0. The van der Waals surface area contributed by atoms with Gasteiger partial charge in [0.05, 0.1) is 12.2 Å². The SMILES string of the molecule is Cc1ccc(F)cc1CN1CCOc2cc3c(c(C)c21)CCNCC3. The van der Waals surface area contributed by atoms with Crippen LogP contribution >= 0.6 is 0 Å². The number of halogens is 1. The van der Waals surface area contributed by atoms with Gasteiger partial charge in [-0.05, 0) is 85.8 Å². The number of fused-ring (bicyclic) bond motifs is 2. The molecule has 0 unspecified atom stereocenters. The summed E-state index contributed by atoms with van der Waals surface area (Å²) < 4.78 is 19.7. The monoisotopic (exact) mass is 340 g/mol. The van der Waals surface area contributed by atoms with E-state index in [1.54, 1.807) is 6.07 Å². The van der Waals surface area contributed by atoms with Crippen molar-refractivity contribution in [1.29, 1.82) is 0 Å². The van der Waals surface area contributed by atoms with Crippen molar-refractivity contribution in [3.8, 4) is 5.75 Å². The first-order valence-corrected chi connectivity index (χ1v) is 9.12. The molecular weight excluding hydrogens is 315 g/mol. The Bertz CT molecular complexity index is 803. The Morgan fingerprint density at radius 1 is 1.16 bits per heavy atom. The van der Waals surface area contributed by atoms with E-state index in [0.717, 1.165) is 55.9 Å². The molecule has 2 heterocycles. The van der Waals surface area contributed by atoms with E-state index in [1.165, 1.54) is 28.4 Å². The van der Waals surface area contributed by atoms with E-state index in [4.69, 9.17) is 4.74 Å². The van der Waals surface area contributed by atoms with E-state index in [0.29, 0.717) is 6.61 Å². The van der Waals surface area contributed by atoms with Crippen LogP contribution in [0.2, 0.25) is 0 Å². The van der Waals surface area contributed by atoms with E-state index in [-0.39, 0.29) is 5.82 Å². The summed E-state index contributed by atoms with van der Waals surface area (Å²) in [6.07, 6.45) is 2.11. The second-order valence-corrected chi connectivity index (χ2v) is 7.08. The number of ether oxygens (including phenoxy) is 1. The standard InChI is InChI=1S/C21H25FN2O/c1-14-3-4-18(22)11-17(14)13-24-9-10-25-20-12-16-5-7-23-8-6-19(16)15(2)21(20)24/h3-4,11-12,23H,5-10,13H2,1-2H3. The van der Waals surface area contributed by atoms with Crippen LogP contribution in [-0.2, 0) is 19.4 Å². The molecule has 0 radical (unpaired) electrons. The Hall–Kier alpha value is -2.07. The fourth-order valence-corrected chi connectivity index (χ4v) is 4.07. The first-order chi connectivity index (χ1) is 12.1. The van der Waals surface area contributed by atoms with Crippen LogP contribution in [0.4, 0.5) is 10.1 Å². The molecule has 0 aliphatic carbocycles. The van der Waals surface area contributed by atoms with Gasteiger partial charge in [0.2, 0.25) is 0 Å². The number of nitrogens with one attached hydrogen (secondary N) is 1. The fraction of sp³-hybridized carbons (Fsp3) is 0.429. The Labute approximate surface area is 148 Å². The predicted molar refractivity (Wildman–Crippen MR) is 99.1 cm³/mol. The molecule has 132 valence electrons. The molecule has 0 saturated heterocycles. The lowest BCUT2D eigenvalue weighted by molar-refractivity contribution is 0.306. The van der Waals surface area contributed by atoms with Gasteiger partial charge >= 0.3 is 0 Å². The summed E-state index contributed by atoms with van der Waals surface area (Å²) in [5.74, 6) is 0.817. The summed E-state index contributed by atoms with van der Waals surface area (Å²) in [4.78, 5) is 2.36. The van der Waals surface area contributed by atoms with Crippen molar-refractivity contribution >= 4 is 5.69 Å². The lowest BCUT2D eigenvalue weighted by Gasteiger charge is -2.34. The van der Waals surface area contributed by atoms with Crippen LogP contribution in [-0.4, -0.2) is 26.2 Å². The minimum atomic E-state index is -0.168. The highest BCUT2D eigenvalue weighted by Gasteiger charge is 2.25. The second-order valence-electron chi connectivity index (χ2n) is 7.08. The van der Waals surface area contributed by atoms with Gasteiger partial charge in [-0.3, -0.25) is 0 Å². The lowest BCUT2D eigenvalue weighted by Crippen LogP contribution is -2.33. The minimum absolute atomic E-state index is 0.168. The van der Waals surface area contributed by atoms with Crippen molar-refractivity contribution in [3.63, 3.8) is 0 Å². The average molecular weight is 340 g/mol. The average Bonchev–Trinajstić information content (AvgIpc) is 2.84. The van der Waals surface area contributed by atoms with Crippen LogP contribution in [0.1, 0.15) is 27.8 Å². The van der Waals surface area contributed by atoms with E-state index >= 15 is 0 Å². The summed E-state index contributed by atoms with van der Waals surface area (Å²) in [5.41, 5.74) is 7.55. The Morgan fingerprint density at radius 3 is 2.88 bits per heavy atom. The molecular formula is C21H25FN2O. The molecule has 3 nitrogen and oxygen atoms in total. The van der Waals surface area contributed by atoms with Gasteiger partial charge in [-0.25, -0.2) is 4.39 Å². The quantitative estimate of drug-likeness (QED) is 0.905. The zero-order valence-electron chi connectivity index (χ0n) is 15.0. The molecule has 4 rings (SSSR count). The fourth-order valence-electron chi connectivity index (χ4n) is 4.07. The topological polar surface area (TPSA) is 24.5 Å². The van der Waals surface area contributed by atoms with Gasteiger partial charge in [0.25, 0.3) is 0 Å². The van der Waals surface area contributed by atoms with Crippen molar-refractivity contribution in [3.05, 3.63) is 57.9 Å². The number of rotatable bonds is 2. The lowest BCUT2D eigenvalue weighted by atomic mass is 9.94. The van der Waals surface area contributed by atoms with Crippen LogP contribution in [0.25, 0.3) is 0 Å². The summed E-state index contributed by atoms with van der Waals surface area (Å²) >= 11 is 0. The van der Waals surface area contributed by atoms with Gasteiger partial charge in [-0.2, -0.15) is 0 Å². The first kappa shape index (κ1) is 16.4. The highest BCUT2D eigenvalue weighted by atomic mass is 19.1.